The molecule has 0 bridgehead atoms. The van der Waals surface area contributed by atoms with Crippen LogP contribution in [0.2, 0.25) is 0 Å². The molecule has 20 heavy (non-hydrogen) atoms. The lowest BCUT2D eigenvalue weighted by Gasteiger charge is -2.39. The molecular weight excluding hydrogens is 246 g/mol. The molecule has 0 aliphatic carbocycles. The molecule has 0 amide bonds. The Morgan fingerprint density at radius 2 is 2.05 bits per heavy atom. The number of anilines is 1. The zero-order valence-corrected chi connectivity index (χ0v) is 11.9. The first-order valence-corrected chi connectivity index (χ1v) is 7.03. The van der Waals surface area contributed by atoms with Crippen molar-refractivity contribution in [3.63, 3.8) is 0 Å². The zero-order chi connectivity index (χ0) is 14.2. The summed E-state index contributed by atoms with van der Waals surface area (Å²) in [5.41, 5.74) is 3.65. The van der Waals surface area contributed by atoms with Crippen LogP contribution in [0.5, 0.6) is 0 Å². The van der Waals surface area contributed by atoms with Crippen LogP contribution in [0.25, 0.3) is 5.69 Å². The van der Waals surface area contributed by atoms with Gasteiger partial charge in [-0.1, -0.05) is 26.0 Å². The highest BCUT2D eigenvalue weighted by molar-refractivity contribution is 5.65. The maximum Gasteiger partial charge on any atom is 0.0720 e. The molecule has 3 nitrogen and oxygen atoms in total. The second-order valence-corrected chi connectivity index (χ2v) is 6.04. The van der Waals surface area contributed by atoms with Crippen molar-refractivity contribution in [3.8, 4) is 11.8 Å². The molecule has 0 saturated carbocycles. The summed E-state index contributed by atoms with van der Waals surface area (Å²) in [6.07, 6.45) is 3.59. The van der Waals surface area contributed by atoms with Gasteiger partial charge in [-0.2, -0.15) is 5.26 Å². The van der Waals surface area contributed by atoms with E-state index in [4.69, 9.17) is 5.26 Å². The highest BCUT2D eigenvalue weighted by Gasteiger charge is 2.35. The number of hydrogen-bond acceptors (Lipinski definition) is 2. The SMILES string of the molecule is CC(C)(CCC#N)C1Nc2ccccc2-n2cccc21. The number of hydrogen-bond donors (Lipinski definition) is 1. The number of nitriles is 1. The van der Waals surface area contributed by atoms with Crippen LogP contribution in [0.15, 0.2) is 42.6 Å². The molecule has 0 radical (unpaired) electrons. The summed E-state index contributed by atoms with van der Waals surface area (Å²) in [6, 6.07) is 15.1. The van der Waals surface area contributed by atoms with Gasteiger partial charge in [0.05, 0.1) is 23.5 Å². The molecule has 3 heteroatoms. The molecule has 1 aromatic heterocycles. The Morgan fingerprint density at radius 1 is 1.25 bits per heavy atom. The van der Waals surface area contributed by atoms with Crippen LogP contribution in [0.3, 0.4) is 0 Å². The molecule has 1 aromatic carbocycles. The number of nitrogens with zero attached hydrogens (tertiary/aromatic N) is 2. The number of rotatable bonds is 3. The van der Waals surface area contributed by atoms with Crippen molar-refractivity contribution in [2.75, 3.05) is 5.32 Å². The number of nitrogens with one attached hydrogen (secondary N) is 1. The molecule has 0 spiro atoms. The molecular formula is C17H19N3. The Labute approximate surface area is 119 Å². The van der Waals surface area contributed by atoms with E-state index in [-0.39, 0.29) is 11.5 Å². The summed E-state index contributed by atoms with van der Waals surface area (Å²) in [4.78, 5) is 0. The Morgan fingerprint density at radius 3 is 2.85 bits per heavy atom. The first kappa shape index (κ1) is 12.8. The maximum atomic E-state index is 8.87. The standard InChI is InChI=1S/C17H19N3/c1-17(2,10-6-11-18)16-15-9-5-12-20(15)14-8-4-3-7-13(14)19-16/h3-5,7-9,12,16,19H,6,10H2,1-2H3. The third kappa shape index (κ3) is 1.98. The normalized spacial score (nSPS) is 16.8. The van der Waals surface area contributed by atoms with E-state index in [2.05, 4.69) is 72.4 Å². The van der Waals surface area contributed by atoms with Gasteiger partial charge in [-0.05, 0) is 36.1 Å². The average Bonchev–Trinajstić information content (AvgIpc) is 2.93. The summed E-state index contributed by atoms with van der Waals surface area (Å²) in [5, 5.41) is 12.5. The Kier molecular flexibility index (Phi) is 3.02. The van der Waals surface area contributed by atoms with Crippen molar-refractivity contribution in [3.05, 3.63) is 48.3 Å². The third-order valence-corrected chi connectivity index (χ3v) is 4.20. The van der Waals surface area contributed by atoms with Gasteiger partial charge in [0.1, 0.15) is 0 Å². The van der Waals surface area contributed by atoms with E-state index >= 15 is 0 Å². The molecule has 1 unspecified atom stereocenters. The third-order valence-electron chi connectivity index (χ3n) is 4.20. The van der Waals surface area contributed by atoms with Gasteiger partial charge in [0.15, 0.2) is 0 Å². The van der Waals surface area contributed by atoms with Gasteiger partial charge in [0.2, 0.25) is 0 Å². The smallest absolute Gasteiger partial charge is 0.0720 e. The van der Waals surface area contributed by atoms with Crippen LogP contribution in [0.1, 0.15) is 38.4 Å². The van der Waals surface area contributed by atoms with E-state index < -0.39 is 0 Å². The molecule has 3 rings (SSSR count). The maximum absolute atomic E-state index is 8.87. The highest BCUT2D eigenvalue weighted by Crippen LogP contribution is 2.44. The van der Waals surface area contributed by atoms with Crippen LogP contribution in [0.4, 0.5) is 5.69 Å². The topological polar surface area (TPSA) is 40.8 Å². The average molecular weight is 265 g/mol. The van der Waals surface area contributed by atoms with E-state index in [0.717, 1.165) is 12.1 Å². The molecule has 102 valence electrons. The fourth-order valence-electron chi connectivity index (χ4n) is 3.00. The Balaban J connectivity index is 2.03. The van der Waals surface area contributed by atoms with Crippen LogP contribution in [-0.2, 0) is 0 Å². The fourth-order valence-corrected chi connectivity index (χ4v) is 3.00. The Hall–Kier alpha value is -2.21. The van der Waals surface area contributed by atoms with E-state index in [1.807, 2.05) is 0 Å². The van der Waals surface area contributed by atoms with Crippen molar-refractivity contribution in [2.45, 2.75) is 32.7 Å². The summed E-state index contributed by atoms with van der Waals surface area (Å²) in [7, 11) is 0. The first-order valence-electron chi connectivity index (χ1n) is 7.03. The predicted octanol–water partition coefficient (Wildman–Crippen LogP) is 4.27. The number of fused-ring (bicyclic) bond motifs is 3. The molecule has 1 aliphatic heterocycles. The second-order valence-electron chi connectivity index (χ2n) is 6.04. The van der Waals surface area contributed by atoms with Gasteiger partial charge in [0.25, 0.3) is 0 Å². The van der Waals surface area contributed by atoms with Gasteiger partial charge in [-0.25, -0.2) is 0 Å². The number of aromatic nitrogens is 1. The lowest BCUT2D eigenvalue weighted by atomic mass is 9.78. The lowest BCUT2D eigenvalue weighted by molar-refractivity contribution is 0.278. The molecule has 1 N–H and O–H groups in total. The second kappa shape index (κ2) is 4.72. The van der Waals surface area contributed by atoms with Gasteiger partial charge in [0, 0.05) is 18.3 Å². The molecule has 2 heterocycles. The summed E-state index contributed by atoms with van der Waals surface area (Å²) < 4.78 is 2.25. The fraction of sp³-hybridized carbons (Fsp3) is 0.353. The van der Waals surface area contributed by atoms with Gasteiger partial charge in [-0.3, -0.25) is 0 Å². The summed E-state index contributed by atoms with van der Waals surface area (Å²) in [6.45, 7) is 4.46. The van der Waals surface area contributed by atoms with Crippen LogP contribution in [-0.4, -0.2) is 4.57 Å². The molecule has 1 atom stereocenters. The molecule has 1 aliphatic rings. The van der Waals surface area contributed by atoms with Crippen molar-refractivity contribution in [1.29, 1.82) is 5.26 Å². The zero-order valence-electron chi connectivity index (χ0n) is 11.9. The van der Waals surface area contributed by atoms with Crippen LogP contribution < -0.4 is 5.32 Å². The lowest BCUT2D eigenvalue weighted by Crippen LogP contribution is -2.33. The van der Waals surface area contributed by atoms with Crippen molar-refractivity contribution >= 4 is 5.69 Å². The van der Waals surface area contributed by atoms with E-state index in [1.165, 1.54) is 11.4 Å². The van der Waals surface area contributed by atoms with Crippen molar-refractivity contribution in [1.82, 2.24) is 4.57 Å². The van der Waals surface area contributed by atoms with Crippen molar-refractivity contribution < 1.29 is 0 Å². The number of para-hydroxylation sites is 2. The minimum Gasteiger partial charge on any atom is -0.374 e. The quantitative estimate of drug-likeness (QED) is 0.900. The van der Waals surface area contributed by atoms with Crippen molar-refractivity contribution in [2.24, 2.45) is 5.41 Å². The largest absolute Gasteiger partial charge is 0.374 e. The molecule has 2 aromatic rings. The van der Waals surface area contributed by atoms with E-state index in [0.29, 0.717) is 6.42 Å². The minimum absolute atomic E-state index is 0.0271. The first-order chi connectivity index (χ1) is 9.63. The van der Waals surface area contributed by atoms with Gasteiger partial charge >= 0.3 is 0 Å². The van der Waals surface area contributed by atoms with Crippen LogP contribution in [0, 0.1) is 16.7 Å². The van der Waals surface area contributed by atoms with Gasteiger partial charge in [-0.15, -0.1) is 0 Å². The highest BCUT2D eigenvalue weighted by atomic mass is 15.1. The summed E-state index contributed by atoms with van der Waals surface area (Å²) >= 11 is 0. The van der Waals surface area contributed by atoms with E-state index in [1.54, 1.807) is 0 Å². The molecule has 0 fully saturated rings. The van der Waals surface area contributed by atoms with Crippen LogP contribution >= 0.6 is 0 Å². The Bertz CT molecular complexity index is 661. The number of benzene rings is 1. The minimum atomic E-state index is 0.0271. The van der Waals surface area contributed by atoms with E-state index in [9.17, 15) is 0 Å². The predicted molar refractivity (Wildman–Crippen MR) is 80.8 cm³/mol. The summed E-state index contributed by atoms with van der Waals surface area (Å²) in [5.74, 6) is 0. The van der Waals surface area contributed by atoms with Gasteiger partial charge < -0.3 is 9.88 Å². The monoisotopic (exact) mass is 265 g/mol. The molecule has 0 saturated heterocycles.